The van der Waals surface area contributed by atoms with Gasteiger partial charge in [-0.05, 0) is 0 Å². The number of nitro groups is 1. The van der Waals surface area contributed by atoms with Crippen LogP contribution in [-0.4, -0.2) is 15.8 Å². The number of hydrogen-bond donors (Lipinski definition) is 1. The Kier molecular flexibility index (Phi) is 3.43. The molecule has 15 heavy (non-hydrogen) atoms. The minimum Gasteiger partial charge on any atom is -0.320 e. The van der Waals surface area contributed by atoms with E-state index in [0.29, 0.717) is 0 Å². The molecule has 1 N–H and O–H groups in total. The lowest BCUT2D eigenvalue weighted by atomic mass is 10.3. The molecule has 0 aliphatic heterocycles. The van der Waals surface area contributed by atoms with Crippen molar-refractivity contribution < 1.29 is 9.72 Å². The lowest BCUT2D eigenvalue weighted by molar-refractivity contribution is -0.384. The molecule has 0 spiro atoms. The first kappa shape index (κ1) is 11.7. The molecular weight excluding hydrogens is 245 g/mol. The summed E-state index contributed by atoms with van der Waals surface area (Å²) in [6, 6.07) is 1.16. The van der Waals surface area contributed by atoms with Crippen molar-refractivity contribution in [3.8, 4) is 0 Å². The fourth-order valence-corrected chi connectivity index (χ4v) is 1.43. The van der Waals surface area contributed by atoms with Crippen molar-refractivity contribution in [3.05, 3.63) is 26.5 Å². The van der Waals surface area contributed by atoms with Gasteiger partial charge >= 0.3 is 5.69 Å². The number of hydrogen-bond acceptors (Lipinski definition) is 4. The monoisotopic (exact) mass is 249 g/mol. The average Bonchev–Trinajstić information content (AvgIpc) is 1.99. The minimum atomic E-state index is -0.739. The van der Waals surface area contributed by atoms with E-state index in [0.717, 1.165) is 6.07 Å². The highest BCUT2D eigenvalue weighted by atomic mass is 35.5. The van der Waals surface area contributed by atoms with E-state index in [9.17, 15) is 14.9 Å². The number of anilines is 1. The number of amides is 1. The van der Waals surface area contributed by atoms with Gasteiger partial charge in [-0.15, -0.1) is 0 Å². The zero-order valence-electron chi connectivity index (χ0n) is 7.45. The second-order valence-corrected chi connectivity index (χ2v) is 3.32. The second kappa shape index (κ2) is 4.41. The summed E-state index contributed by atoms with van der Waals surface area (Å²) in [4.78, 5) is 24.2. The van der Waals surface area contributed by atoms with Crippen molar-refractivity contribution in [3.63, 3.8) is 0 Å². The lowest BCUT2D eigenvalue weighted by Gasteiger charge is -2.04. The second-order valence-electron chi connectivity index (χ2n) is 2.57. The van der Waals surface area contributed by atoms with Gasteiger partial charge in [-0.2, -0.15) is 0 Å². The Morgan fingerprint density at radius 3 is 2.67 bits per heavy atom. The summed E-state index contributed by atoms with van der Waals surface area (Å²) in [5.41, 5.74) is -0.547. The normalized spacial score (nSPS) is 9.80. The zero-order chi connectivity index (χ0) is 11.6. The Bertz CT molecular complexity index is 436. The van der Waals surface area contributed by atoms with Crippen LogP contribution in [0.25, 0.3) is 0 Å². The molecular formula is C7H5Cl2N3O3. The Labute approximate surface area is 94.4 Å². The van der Waals surface area contributed by atoms with E-state index in [2.05, 4.69) is 10.3 Å². The molecule has 0 aromatic carbocycles. The number of carbonyl (C=O) groups is 1. The van der Waals surface area contributed by atoms with Crippen LogP contribution in [0.4, 0.5) is 11.4 Å². The topological polar surface area (TPSA) is 85.1 Å². The summed E-state index contributed by atoms with van der Waals surface area (Å²) in [6.07, 6.45) is 0. The standard InChI is InChI=1S/C7H5Cl2N3O3/c1-3(13)10-4-2-5(8)11-7(9)6(4)12(14)15/h2H,1H3,(H,10,11,13). The van der Waals surface area contributed by atoms with Gasteiger partial charge < -0.3 is 5.32 Å². The van der Waals surface area contributed by atoms with Gasteiger partial charge in [0.25, 0.3) is 0 Å². The number of nitrogens with zero attached hydrogens (tertiary/aromatic N) is 2. The molecule has 6 nitrogen and oxygen atoms in total. The number of nitrogens with one attached hydrogen (secondary N) is 1. The molecule has 0 radical (unpaired) electrons. The summed E-state index contributed by atoms with van der Waals surface area (Å²) >= 11 is 11.1. The average molecular weight is 250 g/mol. The van der Waals surface area contributed by atoms with E-state index in [1.165, 1.54) is 6.92 Å². The molecule has 0 atom stereocenters. The van der Waals surface area contributed by atoms with Crippen LogP contribution in [0.3, 0.4) is 0 Å². The predicted molar refractivity (Wildman–Crippen MR) is 55.2 cm³/mol. The van der Waals surface area contributed by atoms with E-state index in [1.807, 2.05) is 0 Å². The summed E-state index contributed by atoms with van der Waals surface area (Å²) in [7, 11) is 0. The number of aromatic nitrogens is 1. The Morgan fingerprint density at radius 2 is 2.20 bits per heavy atom. The van der Waals surface area contributed by atoms with Crippen molar-refractivity contribution in [2.45, 2.75) is 6.92 Å². The first-order valence-corrected chi connectivity index (χ1v) is 4.45. The van der Waals surface area contributed by atoms with Crippen LogP contribution in [0.1, 0.15) is 6.92 Å². The van der Waals surface area contributed by atoms with Crippen LogP contribution < -0.4 is 5.32 Å². The van der Waals surface area contributed by atoms with Crippen LogP contribution >= 0.6 is 23.2 Å². The van der Waals surface area contributed by atoms with Crippen molar-refractivity contribution in [2.24, 2.45) is 0 Å². The van der Waals surface area contributed by atoms with E-state index in [1.54, 1.807) is 0 Å². The van der Waals surface area contributed by atoms with Crippen LogP contribution in [0.5, 0.6) is 0 Å². The maximum absolute atomic E-state index is 10.8. The van der Waals surface area contributed by atoms with Gasteiger partial charge in [0.05, 0.1) is 4.92 Å². The quantitative estimate of drug-likeness (QED) is 0.495. The molecule has 0 aliphatic rings. The highest BCUT2D eigenvalue weighted by molar-refractivity contribution is 6.34. The first-order chi connectivity index (χ1) is 6.91. The molecule has 1 aromatic rings. The van der Waals surface area contributed by atoms with Crippen LogP contribution in [0.15, 0.2) is 6.07 Å². The number of pyridine rings is 1. The molecule has 8 heteroatoms. The molecule has 1 amide bonds. The van der Waals surface area contributed by atoms with Crippen molar-refractivity contribution >= 4 is 40.5 Å². The largest absolute Gasteiger partial charge is 0.329 e. The number of rotatable bonds is 2. The van der Waals surface area contributed by atoms with Crippen LogP contribution in [0.2, 0.25) is 10.3 Å². The molecule has 0 unspecified atom stereocenters. The molecule has 1 rings (SSSR count). The molecule has 0 fully saturated rings. The third-order valence-corrected chi connectivity index (χ3v) is 1.87. The van der Waals surface area contributed by atoms with Gasteiger partial charge in [-0.25, -0.2) is 4.98 Å². The molecule has 0 bridgehead atoms. The number of carbonyl (C=O) groups excluding carboxylic acids is 1. The summed E-state index contributed by atoms with van der Waals surface area (Å²) in [6.45, 7) is 1.21. The molecule has 1 aromatic heterocycles. The SMILES string of the molecule is CC(=O)Nc1cc(Cl)nc(Cl)c1[N+](=O)[O-]. The van der Waals surface area contributed by atoms with E-state index >= 15 is 0 Å². The highest BCUT2D eigenvalue weighted by Crippen LogP contribution is 2.33. The summed E-state index contributed by atoms with van der Waals surface area (Å²) in [5.74, 6) is -0.462. The van der Waals surface area contributed by atoms with E-state index in [-0.39, 0.29) is 16.0 Å². The van der Waals surface area contributed by atoms with E-state index < -0.39 is 16.5 Å². The number of halogens is 2. The maximum Gasteiger partial charge on any atom is 0.329 e. The van der Waals surface area contributed by atoms with Gasteiger partial charge in [0.15, 0.2) is 0 Å². The van der Waals surface area contributed by atoms with Crippen molar-refractivity contribution in [1.82, 2.24) is 4.98 Å². The van der Waals surface area contributed by atoms with Gasteiger partial charge in [0.2, 0.25) is 11.1 Å². The zero-order valence-corrected chi connectivity index (χ0v) is 8.96. The molecule has 0 saturated carbocycles. The van der Waals surface area contributed by atoms with Gasteiger partial charge in [0, 0.05) is 13.0 Å². The first-order valence-electron chi connectivity index (χ1n) is 3.70. The summed E-state index contributed by atoms with van der Waals surface area (Å²) in [5, 5.41) is 12.5. The van der Waals surface area contributed by atoms with Crippen molar-refractivity contribution in [2.75, 3.05) is 5.32 Å². The van der Waals surface area contributed by atoms with Crippen LogP contribution in [-0.2, 0) is 4.79 Å². The molecule has 80 valence electrons. The Morgan fingerprint density at radius 1 is 1.60 bits per heavy atom. The third-order valence-electron chi connectivity index (χ3n) is 1.41. The molecule has 0 aliphatic carbocycles. The van der Waals surface area contributed by atoms with Gasteiger partial charge in [-0.1, -0.05) is 23.2 Å². The predicted octanol–water partition coefficient (Wildman–Crippen LogP) is 2.25. The van der Waals surface area contributed by atoms with Crippen molar-refractivity contribution in [1.29, 1.82) is 0 Å². The van der Waals surface area contributed by atoms with Gasteiger partial charge in [-0.3, -0.25) is 14.9 Å². The maximum atomic E-state index is 10.8. The lowest BCUT2D eigenvalue weighted by Crippen LogP contribution is -2.08. The summed E-state index contributed by atoms with van der Waals surface area (Å²) < 4.78 is 0. The fourth-order valence-electron chi connectivity index (χ4n) is 0.936. The fraction of sp³-hybridized carbons (Fsp3) is 0.143. The Hall–Kier alpha value is -1.40. The van der Waals surface area contributed by atoms with Crippen LogP contribution in [0, 0.1) is 10.1 Å². The molecule has 1 heterocycles. The molecule has 0 saturated heterocycles. The smallest absolute Gasteiger partial charge is 0.320 e. The van der Waals surface area contributed by atoms with E-state index in [4.69, 9.17) is 23.2 Å². The third kappa shape index (κ3) is 2.77. The highest BCUT2D eigenvalue weighted by Gasteiger charge is 2.22. The Balaban J connectivity index is 3.33. The minimum absolute atomic E-state index is 0.0330. The van der Waals surface area contributed by atoms with Gasteiger partial charge in [0.1, 0.15) is 10.8 Å².